The molecule has 0 rings (SSSR count). The minimum absolute atomic E-state index is 0.0973. The molecule has 0 bridgehead atoms. The van der Waals surface area contributed by atoms with Gasteiger partial charge in [0.2, 0.25) is 0 Å². The van der Waals surface area contributed by atoms with Crippen LogP contribution in [-0.4, -0.2) is 37.2 Å². The summed E-state index contributed by atoms with van der Waals surface area (Å²) in [4.78, 5) is 37.6. The van der Waals surface area contributed by atoms with Crippen LogP contribution >= 0.6 is 0 Å². The lowest BCUT2D eigenvalue weighted by molar-refractivity contribution is -0.166. The predicted octanol–water partition coefficient (Wildman–Crippen LogP) is 15.2. The van der Waals surface area contributed by atoms with Crippen LogP contribution in [0, 0.1) is 0 Å². The van der Waals surface area contributed by atoms with E-state index in [2.05, 4.69) is 148 Å². The van der Waals surface area contributed by atoms with Gasteiger partial charge in [0.1, 0.15) is 13.2 Å². The quantitative estimate of drug-likeness (QED) is 0.0350. The van der Waals surface area contributed by atoms with Gasteiger partial charge in [-0.25, -0.2) is 0 Å². The first-order valence-corrected chi connectivity index (χ1v) is 23.1. The molecule has 0 N–H and O–H groups in total. The summed E-state index contributed by atoms with van der Waals surface area (Å²) in [5.74, 6) is -1.29. The molecule has 0 aliphatic carbocycles. The van der Waals surface area contributed by atoms with Crippen molar-refractivity contribution < 1.29 is 28.6 Å². The molecule has 0 aliphatic heterocycles. The van der Waals surface area contributed by atoms with Crippen LogP contribution in [0.4, 0.5) is 0 Å². The lowest BCUT2D eigenvalue weighted by Gasteiger charge is -2.18. The number of hydrogen-bond donors (Lipinski definition) is 0. The summed E-state index contributed by atoms with van der Waals surface area (Å²) in [6.45, 7) is 6.01. The fraction of sp³-hybridized carbons (Fsp3) is 0.446. The van der Waals surface area contributed by atoms with Gasteiger partial charge in [0.05, 0.1) is 6.42 Å². The van der Waals surface area contributed by atoms with Crippen LogP contribution in [0.15, 0.2) is 170 Å². The van der Waals surface area contributed by atoms with Crippen LogP contribution in [0.3, 0.4) is 0 Å². The summed E-state index contributed by atoms with van der Waals surface area (Å²) >= 11 is 0. The molecule has 340 valence electrons. The van der Waals surface area contributed by atoms with Crippen LogP contribution < -0.4 is 0 Å². The predicted molar refractivity (Wildman–Crippen MR) is 265 cm³/mol. The summed E-state index contributed by atoms with van der Waals surface area (Å²) in [6, 6.07) is 0. The molecule has 0 fully saturated rings. The molecule has 0 saturated heterocycles. The average Bonchev–Trinajstić information content (AvgIpc) is 3.27. The molecule has 0 amide bonds. The Bertz CT molecular complexity index is 1530. The topological polar surface area (TPSA) is 78.9 Å². The SMILES string of the molecule is CC/C=C\C/C=C\C/C=C\C/C=C\C/C=C\C/C=C\CCC(=O)OCC(COC(=O)C/C=C\C/C=C\C/C=C\CC)OC(=O)CC/C=C\C/C=C\C/C=C\C/C=C\C/C=C\CC. The minimum Gasteiger partial charge on any atom is -0.462 e. The lowest BCUT2D eigenvalue weighted by atomic mass is 10.2. The Morgan fingerprint density at radius 2 is 0.581 bits per heavy atom. The van der Waals surface area contributed by atoms with E-state index in [-0.39, 0.29) is 32.5 Å². The van der Waals surface area contributed by atoms with Crippen LogP contribution in [-0.2, 0) is 28.6 Å². The number of hydrogen-bond acceptors (Lipinski definition) is 6. The number of rotatable bonds is 38. The maximum absolute atomic E-state index is 12.7. The Hall–Kier alpha value is -5.23. The van der Waals surface area contributed by atoms with Crippen LogP contribution in [0.5, 0.6) is 0 Å². The summed E-state index contributed by atoms with van der Waals surface area (Å²) in [5, 5.41) is 0. The van der Waals surface area contributed by atoms with E-state index in [0.717, 1.165) is 89.9 Å². The molecule has 0 aromatic rings. The number of esters is 3. The molecule has 0 heterocycles. The Morgan fingerprint density at radius 3 is 0.903 bits per heavy atom. The van der Waals surface area contributed by atoms with Gasteiger partial charge in [-0.3, -0.25) is 14.4 Å². The smallest absolute Gasteiger partial charge is 0.309 e. The molecular weight excluding hydrogens is 769 g/mol. The molecule has 1 unspecified atom stereocenters. The van der Waals surface area contributed by atoms with E-state index < -0.39 is 24.0 Å². The fourth-order valence-electron chi connectivity index (χ4n) is 5.16. The molecule has 0 aromatic carbocycles. The zero-order valence-corrected chi connectivity index (χ0v) is 38.5. The Kier molecular flexibility index (Phi) is 44.4. The van der Waals surface area contributed by atoms with Gasteiger partial charge < -0.3 is 14.2 Å². The maximum Gasteiger partial charge on any atom is 0.309 e. The van der Waals surface area contributed by atoms with Crippen molar-refractivity contribution in [2.24, 2.45) is 0 Å². The van der Waals surface area contributed by atoms with Crippen molar-refractivity contribution >= 4 is 17.9 Å². The Labute approximate surface area is 377 Å². The summed E-state index contributed by atoms with van der Waals surface area (Å²) < 4.78 is 16.4. The second-order valence-corrected chi connectivity index (χ2v) is 14.2. The molecule has 0 aromatic heterocycles. The summed E-state index contributed by atoms with van der Waals surface area (Å²) in [5.41, 5.74) is 0. The highest BCUT2D eigenvalue weighted by molar-refractivity contribution is 5.72. The molecule has 1 atom stereocenters. The van der Waals surface area contributed by atoms with Crippen LogP contribution in [0.2, 0.25) is 0 Å². The minimum atomic E-state index is -0.891. The largest absolute Gasteiger partial charge is 0.462 e. The van der Waals surface area contributed by atoms with Gasteiger partial charge >= 0.3 is 17.9 Å². The van der Waals surface area contributed by atoms with Crippen molar-refractivity contribution in [1.29, 1.82) is 0 Å². The Balaban J connectivity index is 4.68. The fourth-order valence-corrected chi connectivity index (χ4v) is 5.16. The van der Waals surface area contributed by atoms with Gasteiger partial charge in [-0.1, -0.05) is 191 Å². The monoisotopic (exact) mass is 849 g/mol. The average molecular weight is 849 g/mol. The highest BCUT2D eigenvalue weighted by Crippen LogP contribution is 2.06. The van der Waals surface area contributed by atoms with Gasteiger partial charge in [0.15, 0.2) is 6.10 Å². The summed E-state index contributed by atoms with van der Waals surface area (Å²) in [6.07, 6.45) is 72.6. The zero-order valence-electron chi connectivity index (χ0n) is 38.5. The van der Waals surface area contributed by atoms with E-state index in [1.807, 2.05) is 36.5 Å². The van der Waals surface area contributed by atoms with Crippen molar-refractivity contribution in [3.63, 3.8) is 0 Å². The molecule has 0 aliphatic rings. The third-order valence-electron chi connectivity index (χ3n) is 8.51. The van der Waals surface area contributed by atoms with Crippen molar-refractivity contribution in [2.45, 2.75) is 149 Å². The number of carbonyl (C=O) groups excluding carboxylic acids is 3. The third-order valence-corrected chi connectivity index (χ3v) is 8.51. The molecular formula is C56H80O6. The van der Waals surface area contributed by atoms with Gasteiger partial charge in [-0.15, -0.1) is 0 Å². The highest BCUT2D eigenvalue weighted by Gasteiger charge is 2.19. The molecule has 0 saturated carbocycles. The molecule has 0 spiro atoms. The van der Waals surface area contributed by atoms with Gasteiger partial charge in [-0.05, 0) is 103 Å². The number of ether oxygens (including phenoxy) is 3. The van der Waals surface area contributed by atoms with E-state index in [4.69, 9.17) is 14.2 Å². The molecule has 6 heteroatoms. The van der Waals surface area contributed by atoms with E-state index in [1.165, 1.54) is 0 Å². The zero-order chi connectivity index (χ0) is 45.1. The normalized spacial score (nSPS) is 13.7. The Morgan fingerprint density at radius 1 is 0.323 bits per heavy atom. The van der Waals surface area contributed by atoms with E-state index in [1.54, 1.807) is 6.08 Å². The van der Waals surface area contributed by atoms with Gasteiger partial charge in [0.25, 0.3) is 0 Å². The second kappa shape index (κ2) is 48.4. The van der Waals surface area contributed by atoms with E-state index >= 15 is 0 Å². The van der Waals surface area contributed by atoms with Crippen LogP contribution in [0.1, 0.15) is 143 Å². The highest BCUT2D eigenvalue weighted by atomic mass is 16.6. The van der Waals surface area contributed by atoms with Gasteiger partial charge in [0, 0.05) is 12.8 Å². The van der Waals surface area contributed by atoms with Crippen molar-refractivity contribution in [3.8, 4) is 0 Å². The van der Waals surface area contributed by atoms with Crippen molar-refractivity contribution in [3.05, 3.63) is 170 Å². The molecule has 0 radical (unpaired) electrons. The summed E-state index contributed by atoms with van der Waals surface area (Å²) in [7, 11) is 0. The first-order chi connectivity index (χ1) is 30.5. The number of allylic oxidation sites excluding steroid dienone is 27. The molecule has 62 heavy (non-hydrogen) atoms. The first kappa shape index (κ1) is 56.8. The van der Waals surface area contributed by atoms with E-state index in [0.29, 0.717) is 12.8 Å². The van der Waals surface area contributed by atoms with Gasteiger partial charge in [-0.2, -0.15) is 0 Å². The van der Waals surface area contributed by atoms with Crippen LogP contribution in [0.25, 0.3) is 0 Å². The lowest BCUT2D eigenvalue weighted by Crippen LogP contribution is -2.30. The second-order valence-electron chi connectivity index (χ2n) is 14.2. The number of carbonyl (C=O) groups is 3. The molecule has 6 nitrogen and oxygen atoms in total. The van der Waals surface area contributed by atoms with Crippen molar-refractivity contribution in [2.75, 3.05) is 13.2 Å². The standard InChI is InChI=1S/C56H80O6/c1-4-7-10-13-16-19-21-23-25-27-28-29-31-32-34-37-40-43-46-49-55(58)61-52-53(51-60-54(57)48-45-42-39-36-18-15-12-9-6-3)62-56(59)50-47-44-41-38-35-33-30-26-24-22-20-17-14-11-8-5-2/h7-12,16-20,23-26,28-29,32-36,40-45,53H,4-6,13-15,21-22,27,30-31,37-39,46-52H2,1-3H3/b10-7-,11-8-,12-9-,19-16-,20-17-,25-23-,26-24-,29-28-,34-32-,35-33-,36-18-,43-40-,44-41-,45-42-. The maximum atomic E-state index is 12.7. The van der Waals surface area contributed by atoms with E-state index in [9.17, 15) is 14.4 Å². The first-order valence-electron chi connectivity index (χ1n) is 23.1. The van der Waals surface area contributed by atoms with Crippen molar-refractivity contribution in [1.82, 2.24) is 0 Å². The third kappa shape index (κ3) is 45.8.